The second-order valence-corrected chi connectivity index (χ2v) is 13.0. The number of allylic oxidation sites excluding steroid dienone is 2. The summed E-state index contributed by atoms with van der Waals surface area (Å²) in [6.07, 6.45) is 2.49. The second-order valence-electron chi connectivity index (χ2n) is 13.0. The third kappa shape index (κ3) is 7.59. The minimum Gasteiger partial charge on any atom is -0.512 e. The summed E-state index contributed by atoms with van der Waals surface area (Å²) in [5.41, 5.74) is 6.19. The van der Waals surface area contributed by atoms with Crippen molar-refractivity contribution in [2.75, 3.05) is 0 Å². The Hall–Kier alpha value is -4.83. The molecule has 5 aromatic carbocycles. The first kappa shape index (κ1) is 28.1. The number of aliphatic hydroxyl groups excluding tert-OH is 1. The van der Waals surface area contributed by atoms with Crippen LogP contribution in [-0.2, 0) is 30.3 Å². The van der Waals surface area contributed by atoms with Crippen LogP contribution in [0.4, 0.5) is 0 Å². The Morgan fingerprint density at radius 1 is 0.837 bits per heavy atom. The number of aryl methyl sites for hydroxylation is 2. The summed E-state index contributed by atoms with van der Waals surface area (Å²) in [7, 11) is 0. The zero-order chi connectivity index (χ0) is 39.2. The van der Waals surface area contributed by atoms with Gasteiger partial charge in [-0.1, -0.05) is 98.5 Å². The molecule has 0 fully saturated rings. The molecule has 7 rings (SSSR count). The van der Waals surface area contributed by atoms with E-state index >= 15 is 0 Å². The zero-order valence-electron chi connectivity index (χ0n) is 33.9. The van der Waals surface area contributed by atoms with Crippen molar-refractivity contribution in [1.82, 2.24) is 4.98 Å². The average Bonchev–Trinajstić information content (AvgIpc) is 3.48. The Labute approximate surface area is 310 Å². The van der Waals surface area contributed by atoms with Crippen LogP contribution in [-0.4, -0.2) is 15.9 Å². The van der Waals surface area contributed by atoms with Gasteiger partial charge in [-0.3, -0.25) is 4.79 Å². The van der Waals surface area contributed by atoms with Crippen molar-refractivity contribution in [3.05, 3.63) is 138 Å². The summed E-state index contributed by atoms with van der Waals surface area (Å²) in [5, 5.41) is 11.7. The number of furan rings is 1. The molecule has 4 nitrogen and oxygen atoms in total. The van der Waals surface area contributed by atoms with Crippen molar-refractivity contribution >= 4 is 38.5 Å². The van der Waals surface area contributed by atoms with Gasteiger partial charge in [0.15, 0.2) is 5.78 Å². The van der Waals surface area contributed by atoms with Gasteiger partial charge in [-0.2, -0.15) is 0 Å². The number of aromatic nitrogens is 1. The van der Waals surface area contributed by atoms with Gasteiger partial charge in [0.2, 0.25) is 0 Å². The van der Waals surface area contributed by atoms with Crippen molar-refractivity contribution in [1.29, 1.82) is 0 Å². The smallest absolute Gasteiger partial charge is 0.155 e. The molecule has 7 aromatic rings. The van der Waals surface area contributed by atoms with E-state index in [1.807, 2.05) is 48.5 Å². The number of nitrogens with zero attached hydrogens (tertiary/aromatic N) is 1. The molecule has 249 valence electrons. The number of carbonyl (C=O) groups is 1. The van der Waals surface area contributed by atoms with Crippen LogP contribution in [0.2, 0.25) is 0 Å². The summed E-state index contributed by atoms with van der Waals surface area (Å²) >= 11 is 0. The Morgan fingerprint density at radius 3 is 2.22 bits per heavy atom. The van der Waals surface area contributed by atoms with Gasteiger partial charge in [-0.25, -0.2) is 0 Å². The third-order valence-corrected chi connectivity index (χ3v) is 8.26. The summed E-state index contributed by atoms with van der Waals surface area (Å²) in [6, 6.07) is 34.1. The van der Waals surface area contributed by atoms with Crippen LogP contribution in [0.15, 0.2) is 120 Å². The van der Waals surface area contributed by atoms with Gasteiger partial charge in [-0.15, -0.1) is 18.2 Å². The van der Waals surface area contributed by atoms with Crippen LogP contribution in [0.5, 0.6) is 0 Å². The molecular weight excluding hydrogens is 783 g/mol. The minimum absolute atomic E-state index is 0. The molecule has 0 aliphatic rings. The number of rotatable bonds is 4. The average molecular weight is 829 g/mol. The Morgan fingerprint density at radius 2 is 1.55 bits per heavy atom. The molecule has 0 spiro atoms. The van der Waals surface area contributed by atoms with E-state index in [4.69, 9.17) is 17.7 Å². The van der Waals surface area contributed by atoms with Crippen LogP contribution in [0, 0.1) is 19.8 Å². The molecule has 2 heterocycles. The van der Waals surface area contributed by atoms with E-state index in [0.717, 1.165) is 32.7 Å². The maximum absolute atomic E-state index is 10.0. The van der Waals surface area contributed by atoms with Crippen LogP contribution in [0.25, 0.3) is 66.2 Å². The van der Waals surface area contributed by atoms with Crippen molar-refractivity contribution in [3.63, 3.8) is 0 Å². The quantitative estimate of drug-likeness (QED) is 0.109. The number of fused-ring (bicyclic) bond motifs is 4. The fourth-order valence-electron chi connectivity index (χ4n) is 5.85. The van der Waals surface area contributed by atoms with Crippen LogP contribution in [0.3, 0.4) is 0 Å². The molecule has 5 heteroatoms. The third-order valence-electron chi connectivity index (χ3n) is 8.26. The fraction of sp³-hybridized carbons (Fsp3) is 0.182. The molecule has 1 N–H and O–H groups in total. The number of pyridine rings is 1. The summed E-state index contributed by atoms with van der Waals surface area (Å²) < 4.78 is 56.7. The van der Waals surface area contributed by atoms with E-state index in [2.05, 4.69) is 56.1 Å². The van der Waals surface area contributed by atoms with Crippen LogP contribution >= 0.6 is 0 Å². The number of aliphatic hydroxyl groups is 1. The zero-order valence-corrected chi connectivity index (χ0v) is 30.3. The Bertz CT molecular complexity index is 2560. The van der Waals surface area contributed by atoms with E-state index in [0.29, 0.717) is 28.0 Å². The van der Waals surface area contributed by atoms with Gasteiger partial charge < -0.3 is 14.5 Å². The largest absolute Gasteiger partial charge is 0.512 e. The molecule has 0 atom stereocenters. The van der Waals surface area contributed by atoms with E-state index in [1.165, 1.54) is 31.7 Å². The Balaban J connectivity index is 0.000000664. The van der Waals surface area contributed by atoms with Crippen LogP contribution < -0.4 is 0 Å². The fourth-order valence-corrected chi connectivity index (χ4v) is 5.85. The monoisotopic (exact) mass is 829 g/mol. The maximum Gasteiger partial charge on any atom is 0.155 e. The Kier molecular flexibility index (Phi) is 8.21. The predicted octanol–water partition coefficient (Wildman–Crippen LogP) is 11.9. The van der Waals surface area contributed by atoms with E-state index in [-0.39, 0.29) is 53.8 Å². The number of hydrogen-bond acceptors (Lipinski definition) is 4. The molecular formula is C44H40IrNO3-. The number of para-hydroxylation sites is 1. The van der Waals surface area contributed by atoms with Gasteiger partial charge in [-0.05, 0) is 107 Å². The van der Waals surface area contributed by atoms with Crippen molar-refractivity contribution in [2.45, 2.75) is 53.7 Å². The minimum atomic E-state index is -2.54. The first-order valence-corrected chi connectivity index (χ1v) is 15.7. The summed E-state index contributed by atoms with van der Waals surface area (Å²) in [6.45, 7) is 4.31. The van der Waals surface area contributed by atoms with Crippen molar-refractivity contribution < 1.29 is 42.6 Å². The molecule has 2 aromatic heterocycles. The van der Waals surface area contributed by atoms with E-state index < -0.39 is 13.7 Å². The van der Waals surface area contributed by atoms with Crippen molar-refractivity contribution in [2.24, 2.45) is 0 Å². The first-order chi connectivity index (χ1) is 25.3. The second kappa shape index (κ2) is 14.3. The maximum atomic E-state index is 10.0. The standard InChI is InChI=1S/C39H32NO.C5H8O2.Ir/c1-24-19-29-20-27(26-15-17-30(18-16-26)39(3,4)5)13-14-28(29)21-34(24)35-22-36(40-23-25(35)2)33-11-8-10-32-31-9-6-7-12-37(31)41-38(32)33;1-4(6)3-5(2)7;/h6-10,12-23H,1-5H3;3,6H,1-2H3;/q-1;;/b;4-3-;/i1D3,2D3;;. The van der Waals surface area contributed by atoms with E-state index in [1.54, 1.807) is 24.3 Å². The molecule has 0 bridgehead atoms. The number of carbonyl (C=O) groups excluding carboxylic acids is 1. The van der Waals surface area contributed by atoms with Gasteiger partial charge in [0.05, 0.1) is 11.3 Å². The molecule has 0 aliphatic carbocycles. The SMILES string of the molecule is CC(=O)/C=C(/C)O.[2H]C([2H])([2H])c1cnc(-c2[c-]ccc3c2oc2ccccc23)cc1-c1cc2ccc(-c3ccc(C(C)(C)C)cc3)cc2cc1C([2H])([2H])[2H].[Ir]. The number of benzene rings is 5. The van der Waals surface area contributed by atoms with E-state index in [9.17, 15) is 4.79 Å². The summed E-state index contributed by atoms with van der Waals surface area (Å²) in [4.78, 5) is 14.6. The molecule has 0 aliphatic heterocycles. The first-order valence-electron chi connectivity index (χ1n) is 18.7. The summed E-state index contributed by atoms with van der Waals surface area (Å²) in [5.74, 6) is -0.0625. The van der Waals surface area contributed by atoms with Gasteiger partial charge in [0, 0.05) is 46.0 Å². The number of hydrogen-bond donors (Lipinski definition) is 1. The normalized spacial score (nSPS) is 14.0. The van der Waals surface area contributed by atoms with Gasteiger partial charge >= 0.3 is 0 Å². The van der Waals surface area contributed by atoms with Gasteiger partial charge in [0.1, 0.15) is 5.58 Å². The van der Waals surface area contributed by atoms with Crippen LogP contribution in [0.1, 0.15) is 59.5 Å². The van der Waals surface area contributed by atoms with Gasteiger partial charge in [0.25, 0.3) is 0 Å². The molecule has 1 radical (unpaired) electrons. The predicted molar refractivity (Wildman–Crippen MR) is 199 cm³/mol. The van der Waals surface area contributed by atoms with Crippen molar-refractivity contribution in [3.8, 4) is 33.5 Å². The molecule has 49 heavy (non-hydrogen) atoms. The number of ketones is 1. The molecule has 0 saturated heterocycles. The topological polar surface area (TPSA) is 63.3 Å². The molecule has 0 saturated carbocycles. The molecule has 0 amide bonds. The molecule has 0 unspecified atom stereocenters.